The minimum atomic E-state index is -1.23. The molecular formula is C99H182O9. The van der Waals surface area contributed by atoms with Gasteiger partial charge in [0.15, 0.2) is 6.10 Å². The summed E-state index contributed by atoms with van der Waals surface area (Å²) < 4.78 is 18.6. The Hall–Kier alpha value is -3.36. The molecule has 9 heteroatoms. The minimum absolute atomic E-state index is 0.106. The van der Waals surface area contributed by atoms with Crippen molar-refractivity contribution in [3.63, 3.8) is 0 Å². The van der Waals surface area contributed by atoms with Crippen molar-refractivity contribution < 1.29 is 43.0 Å². The van der Waals surface area contributed by atoms with Crippen molar-refractivity contribution in [3.8, 4) is 0 Å². The van der Waals surface area contributed by atoms with Crippen LogP contribution in [0.4, 0.5) is 0 Å². The number of hydrogen-bond acceptors (Lipinski definition) is 9. The Morgan fingerprint density at radius 1 is 0.204 bits per heavy atom. The second kappa shape index (κ2) is 86.1. The first-order valence-electron chi connectivity index (χ1n) is 48.2. The fourth-order valence-electron chi connectivity index (χ4n) is 15.3. The second-order valence-corrected chi connectivity index (χ2v) is 33.3. The van der Waals surface area contributed by atoms with Crippen molar-refractivity contribution in [2.24, 2.45) is 17.8 Å². The van der Waals surface area contributed by atoms with Gasteiger partial charge >= 0.3 is 17.9 Å². The Morgan fingerprint density at radius 3 is 0.574 bits per heavy atom. The van der Waals surface area contributed by atoms with Gasteiger partial charge in [-0.25, -0.2) is 0 Å². The third-order valence-electron chi connectivity index (χ3n) is 22.7. The van der Waals surface area contributed by atoms with Crippen LogP contribution in [0.15, 0.2) is 36.5 Å². The van der Waals surface area contributed by atoms with E-state index in [4.69, 9.17) is 14.2 Å². The van der Waals surface area contributed by atoms with E-state index in [2.05, 4.69) is 78.0 Å². The van der Waals surface area contributed by atoms with Crippen LogP contribution in [-0.2, 0) is 43.0 Å². The van der Waals surface area contributed by atoms with Crippen molar-refractivity contribution in [2.45, 2.75) is 529 Å². The van der Waals surface area contributed by atoms with Gasteiger partial charge in [-0.1, -0.05) is 425 Å². The number of Topliss-reactive ketones (excluding diaryl/α,β-unsaturated/α-hetero) is 3. The molecule has 0 aliphatic heterocycles. The molecule has 0 heterocycles. The van der Waals surface area contributed by atoms with E-state index in [1.807, 2.05) is 0 Å². The van der Waals surface area contributed by atoms with E-state index in [-0.39, 0.29) is 23.8 Å². The van der Waals surface area contributed by atoms with Crippen molar-refractivity contribution in [1.82, 2.24) is 0 Å². The molecule has 3 unspecified atom stereocenters. The molecule has 0 amide bonds. The zero-order chi connectivity index (χ0) is 78.6. The second-order valence-electron chi connectivity index (χ2n) is 33.3. The molecule has 632 valence electrons. The highest BCUT2D eigenvalue weighted by molar-refractivity contribution is 6.00. The Kier molecular flexibility index (Phi) is 83.4. The van der Waals surface area contributed by atoms with Gasteiger partial charge in [0, 0.05) is 19.3 Å². The molecule has 0 aliphatic rings. The van der Waals surface area contributed by atoms with Crippen LogP contribution < -0.4 is 0 Å². The summed E-state index contributed by atoms with van der Waals surface area (Å²) in [5, 5.41) is 0. The molecule has 0 fully saturated rings. The van der Waals surface area contributed by atoms with Crippen molar-refractivity contribution in [1.29, 1.82) is 0 Å². The molecule has 0 radical (unpaired) electrons. The quantitative estimate of drug-likeness (QED) is 0.0192. The lowest BCUT2D eigenvalue weighted by Crippen LogP contribution is -2.38. The third-order valence-corrected chi connectivity index (χ3v) is 22.7. The van der Waals surface area contributed by atoms with E-state index in [9.17, 15) is 28.8 Å². The summed E-state index contributed by atoms with van der Waals surface area (Å²) in [7, 11) is 0. The smallest absolute Gasteiger partial charge is 0.316 e. The number of ketones is 3. The van der Waals surface area contributed by atoms with Gasteiger partial charge in [0.1, 0.15) is 48.3 Å². The van der Waals surface area contributed by atoms with Crippen LogP contribution in [0, 0.1) is 17.8 Å². The monoisotopic (exact) mass is 1520 g/mol. The summed E-state index contributed by atoms with van der Waals surface area (Å²) in [6.45, 7) is 12.7. The maximum atomic E-state index is 14.8. The number of esters is 3. The van der Waals surface area contributed by atoms with Gasteiger partial charge in [0.2, 0.25) is 0 Å². The fourth-order valence-corrected chi connectivity index (χ4v) is 15.3. The van der Waals surface area contributed by atoms with E-state index in [1.54, 1.807) is 0 Å². The van der Waals surface area contributed by atoms with Gasteiger partial charge in [-0.3, -0.25) is 28.8 Å². The molecule has 0 aromatic heterocycles. The predicted molar refractivity (Wildman–Crippen MR) is 465 cm³/mol. The summed E-state index contributed by atoms with van der Waals surface area (Å²) in [5.74, 6) is -5.19. The Morgan fingerprint density at radius 2 is 0.370 bits per heavy atom. The van der Waals surface area contributed by atoms with E-state index in [0.29, 0.717) is 57.8 Å². The maximum absolute atomic E-state index is 14.8. The van der Waals surface area contributed by atoms with Gasteiger partial charge in [0.05, 0.1) is 0 Å². The molecule has 9 nitrogen and oxygen atoms in total. The summed E-state index contributed by atoms with van der Waals surface area (Å²) in [6.07, 6.45) is 94.0. The van der Waals surface area contributed by atoms with E-state index in [0.717, 1.165) is 186 Å². The van der Waals surface area contributed by atoms with Crippen LogP contribution in [0.3, 0.4) is 0 Å². The third kappa shape index (κ3) is 71.7. The molecule has 0 bridgehead atoms. The standard InChI is InChI=1S/C99H182O9/c1-7-13-19-25-31-37-43-46-49-52-55-61-67-73-79-85-94(100)91(82-76-70-64-58-40-34-28-22-16-10-4)97(103)106-88-90(108-99(105)93(84-78-72-66-60-42-36-30-24-18-12-6)96(102)87-81-75-69-63-57-54-51-48-45-39-33-27-21-15-9-3)89-107-98(104)92(83-77-71-65-59-41-35-29-23-17-11-5)95(101)86-80-74-68-62-56-53-50-47-44-38-32-26-20-14-8-2/h46-51,90-93H,7-45,52-89H2,1-6H3/b49-46-,50-47-,51-48-. The first-order valence-corrected chi connectivity index (χ1v) is 48.2. The molecule has 3 atom stereocenters. The molecule has 0 spiro atoms. The molecule has 0 aromatic rings. The highest BCUT2D eigenvalue weighted by Crippen LogP contribution is 2.26. The van der Waals surface area contributed by atoms with Gasteiger partial charge in [-0.15, -0.1) is 0 Å². The number of carbonyl (C=O) groups is 6. The number of carbonyl (C=O) groups excluding carboxylic acids is 6. The average molecular weight is 1520 g/mol. The van der Waals surface area contributed by atoms with Crippen molar-refractivity contribution in [3.05, 3.63) is 36.5 Å². The number of hydrogen-bond donors (Lipinski definition) is 0. The number of allylic oxidation sites excluding steroid dienone is 6. The first kappa shape index (κ1) is 105. The van der Waals surface area contributed by atoms with E-state index in [1.165, 1.54) is 231 Å². The Bertz CT molecular complexity index is 1960. The molecule has 0 saturated heterocycles. The van der Waals surface area contributed by atoms with Crippen LogP contribution in [-0.4, -0.2) is 54.6 Å². The van der Waals surface area contributed by atoms with Gasteiger partial charge in [-0.05, 0) is 116 Å². The summed E-state index contributed by atoms with van der Waals surface area (Å²) >= 11 is 0. The van der Waals surface area contributed by atoms with Crippen molar-refractivity contribution >= 4 is 35.3 Å². The highest BCUT2D eigenvalue weighted by Gasteiger charge is 2.34. The first-order chi connectivity index (χ1) is 53.1. The zero-order valence-electron chi connectivity index (χ0n) is 72.9. The Labute approximate surface area is 671 Å². The zero-order valence-corrected chi connectivity index (χ0v) is 72.9. The van der Waals surface area contributed by atoms with Crippen LogP contribution in [0.25, 0.3) is 0 Å². The fraction of sp³-hybridized carbons (Fsp3) is 0.879. The molecule has 0 N–H and O–H groups in total. The molecular weight excluding hydrogens is 1330 g/mol. The lowest BCUT2D eigenvalue weighted by atomic mass is 9.92. The lowest BCUT2D eigenvalue weighted by Gasteiger charge is -2.23. The summed E-state index contributed by atoms with van der Waals surface area (Å²) in [6, 6.07) is 0. The minimum Gasteiger partial charge on any atom is -0.461 e. The SMILES string of the molecule is CCCCCCCC/C=C\CCCCCCCC(=O)C(CCCCCCCCCCCC)C(=O)OCC(COC(=O)C(CCCCCCCCCCCC)C(=O)CCCCCCC/C=C\CCCCCCCC)OC(=O)C(CCCCCCCCCCCC)C(=O)CCCCCCC/C=C\CCCCCCCC. The Balaban J connectivity index is 6.76. The van der Waals surface area contributed by atoms with Crippen LogP contribution in [0.2, 0.25) is 0 Å². The molecule has 0 saturated carbocycles. The molecule has 108 heavy (non-hydrogen) atoms. The van der Waals surface area contributed by atoms with Gasteiger partial charge in [-0.2, -0.15) is 0 Å². The van der Waals surface area contributed by atoms with Crippen molar-refractivity contribution in [2.75, 3.05) is 13.2 Å². The van der Waals surface area contributed by atoms with E-state index >= 15 is 0 Å². The number of ether oxygens (including phenoxy) is 3. The topological polar surface area (TPSA) is 130 Å². The van der Waals surface area contributed by atoms with E-state index < -0.39 is 55.0 Å². The van der Waals surface area contributed by atoms with Crippen LogP contribution >= 0.6 is 0 Å². The maximum Gasteiger partial charge on any atom is 0.316 e. The largest absolute Gasteiger partial charge is 0.461 e. The normalized spacial score (nSPS) is 12.9. The number of unbranched alkanes of at least 4 members (excludes halogenated alkanes) is 60. The number of rotatable bonds is 89. The van der Waals surface area contributed by atoms with Crippen LogP contribution in [0.5, 0.6) is 0 Å². The van der Waals surface area contributed by atoms with Crippen LogP contribution in [0.1, 0.15) is 523 Å². The summed E-state index contributed by atoms with van der Waals surface area (Å²) in [5.41, 5.74) is 0. The lowest BCUT2D eigenvalue weighted by molar-refractivity contribution is -0.174. The molecule has 0 aromatic carbocycles. The summed E-state index contributed by atoms with van der Waals surface area (Å²) in [4.78, 5) is 87.1. The molecule has 0 rings (SSSR count). The predicted octanol–water partition coefficient (Wildman–Crippen LogP) is 31.6. The van der Waals surface area contributed by atoms with Gasteiger partial charge in [0.25, 0.3) is 0 Å². The van der Waals surface area contributed by atoms with Gasteiger partial charge < -0.3 is 14.2 Å². The molecule has 0 aliphatic carbocycles. The highest BCUT2D eigenvalue weighted by atomic mass is 16.6. The average Bonchev–Trinajstić information content (AvgIpc) is 0.878.